The molecule has 2 amide bonds. The average Bonchev–Trinajstić information content (AvgIpc) is 3.00. The zero-order valence-electron chi connectivity index (χ0n) is 14.7. The van der Waals surface area contributed by atoms with Gasteiger partial charge in [-0.2, -0.15) is 0 Å². The first kappa shape index (κ1) is 19.3. The molecule has 0 saturated carbocycles. The number of hydrogen-bond donors (Lipinski definition) is 1. The number of nitrogens with one attached hydrogen (secondary N) is 1. The first-order chi connectivity index (χ1) is 11.9. The molecular formula is C18H25F2N3O2. The Morgan fingerprint density at radius 3 is 2.80 bits per heavy atom. The summed E-state index contributed by atoms with van der Waals surface area (Å²) in [6.45, 7) is 1.60. The van der Waals surface area contributed by atoms with E-state index in [0.717, 1.165) is 31.5 Å². The van der Waals surface area contributed by atoms with Crippen LogP contribution in [0.1, 0.15) is 24.8 Å². The Balaban J connectivity index is 1.94. The van der Waals surface area contributed by atoms with Crippen molar-refractivity contribution in [1.82, 2.24) is 15.1 Å². The monoisotopic (exact) mass is 353 g/mol. The third-order valence-electron chi connectivity index (χ3n) is 4.82. The Kier molecular flexibility index (Phi) is 6.87. The third-order valence-corrected chi connectivity index (χ3v) is 4.82. The molecule has 1 aromatic carbocycles. The number of nitrogens with zero attached hydrogens (tertiary/aromatic N) is 2. The van der Waals surface area contributed by atoms with E-state index in [2.05, 4.69) is 17.3 Å². The Bertz CT molecular complexity index is 612. The zero-order valence-corrected chi connectivity index (χ0v) is 14.7. The first-order valence-corrected chi connectivity index (χ1v) is 8.51. The van der Waals surface area contributed by atoms with Crippen molar-refractivity contribution in [2.24, 2.45) is 0 Å². The summed E-state index contributed by atoms with van der Waals surface area (Å²) < 4.78 is 26.4. The molecule has 1 N–H and O–H groups in total. The minimum Gasteiger partial charge on any atom is -0.354 e. The van der Waals surface area contributed by atoms with Crippen LogP contribution in [0.4, 0.5) is 8.78 Å². The molecule has 2 atom stereocenters. The van der Waals surface area contributed by atoms with Gasteiger partial charge in [-0.3, -0.25) is 9.59 Å². The Labute approximate surface area is 147 Å². The van der Waals surface area contributed by atoms with Gasteiger partial charge in [0, 0.05) is 26.1 Å². The van der Waals surface area contributed by atoms with Gasteiger partial charge in [0.1, 0.15) is 6.04 Å². The van der Waals surface area contributed by atoms with Crippen LogP contribution in [-0.2, 0) is 16.0 Å². The quantitative estimate of drug-likeness (QED) is 0.722. The van der Waals surface area contributed by atoms with Gasteiger partial charge in [0.05, 0.1) is 0 Å². The molecule has 5 nitrogen and oxygen atoms in total. The molecule has 7 heteroatoms. The summed E-state index contributed by atoms with van der Waals surface area (Å²) in [5.74, 6) is -2.19. The van der Waals surface area contributed by atoms with E-state index in [1.54, 1.807) is 0 Å². The molecule has 1 heterocycles. The molecule has 1 aliphatic rings. The van der Waals surface area contributed by atoms with Crippen molar-refractivity contribution in [2.75, 3.05) is 27.2 Å². The maximum atomic E-state index is 13.4. The predicted octanol–water partition coefficient (Wildman–Crippen LogP) is 1.56. The largest absolute Gasteiger partial charge is 0.354 e. The summed E-state index contributed by atoms with van der Waals surface area (Å²) in [5.41, 5.74) is 0.461. The van der Waals surface area contributed by atoms with Crippen LogP contribution in [0.2, 0.25) is 0 Å². The van der Waals surface area contributed by atoms with E-state index in [-0.39, 0.29) is 12.3 Å². The Hall–Kier alpha value is -2.02. The van der Waals surface area contributed by atoms with Crippen molar-refractivity contribution in [3.63, 3.8) is 0 Å². The standard InChI is InChI=1S/C18H25F2N3O2/c1-22-9-3-4-14(22)7-8-21-18(25)17(23(2)12-24)11-13-5-6-15(19)16(20)10-13/h5-6,10,12,14,17H,3-4,7-9,11H2,1-2H3,(H,21,25). The normalized spacial score (nSPS) is 18.8. The summed E-state index contributed by atoms with van der Waals surface area (Å²) in [6.07, 6.45) is 3.84. The van der Waals surface area contributed by atoms with Gasteiger partial charge in [0.15, 0.2) is 11.6 Å². The summed E-state index contributed by atoms with van der Waals surface area (Å²) >= 11 is 0. The van der Waals surface area contributed by atoms with Gasteiger partial charge in [0.25, 0.3) is 0 Å². The molecule has 0 bridgehead atoms. The van der Waals surface area contributed by atoms with E-state index >= 15 is 0 Å². The number of likely N-dealkylation sites (N-methyl/N-ethyl adjacent to an activating group) is 1. The molecule has 1 aromatic rings. The van der Waals surface area contributed by atoms with Crippen LogP contribution < -0.4 is 5.32 Å². The highest BCUT2D eigenvalue weighted by Gasteiger charge is 2.25. The first-order valence-electron chi connectivity index (χ1n) is 8.51. The van der Waals surface area contributed by atoms with Gasteiger partial charge >= 0.3 is 0 Å². The number of rotatable bonds is 8. The van der Waals surface area contributed by atoms with Crippen LogP contribution in [0, 0.1) is 11.6 Å². The van der Waals surface area contributed by atoms with Gasteiger partial charge in [-0.1, -0.05) is 6.07 Å². The molecule has 1 aliphatic heterocycles. The van der Waals surface area contributed by atoms with E-state index < -0.39 is 17.7 Å². The Morgan fingerprint density at radius 2 is 2.20 bits per heavy atom. The molecular weight excluding hydrogens is 328 g/mol. The second-order valence-corrected chi connectivity index (χ2v) is 6.60. The van der Waals surface area contributed by atoms with Gasteiger partial charge in [-0.05, 0) is 50.6 Å². The maximum absolute atomic E-state index is 13.4. The van der Waals surface area contributed by atoms with Crippen LogP contribution in [0.3, 0.4) is 0 Å². The van der Waals surface area contributed by atoms with Crippen molar-refractivity contribution >= 4 is 12.3 Å². The minimum absolute atomic E-state index is 0.127. The fraction of sp³-hybridized carbons (Fsp3) is 0.556. The van der Waals surface area contributed by atoms with E-state index in [1.807, 2.05) is 0 Å². The number of likely N-dealkylation sites (tertiary alicyclic amines) is 1. The van der Waals surface area contributed by atoms with Crippen LogP contribution >= 0.6 is 0 Å². The molecule has 0 aromatic heterocycles. The number of carbonyl (C=O) groups is 2. The van der Waals surface area contributed by atoms with E-state index in [0.29, 0.717) is 24.6 Å². The maximum Gasteiger partial charge on any atom is 0.243 e. The zero-order chi connectivity index (χ0) is 18.4. The Morgan fingerprint density at radius 1 is 1.44 bits per heavy atom. The highest BCUT2D eigenvalue weighted by Crippen LogP contribution is 2.17. The second kappa shape index (κ2) is 8.89. The lowest BCUT2D eigenvalue weighted by Crippen LogP contribution is -2.46. The molecule has 2 unspecified atom stereocenters. The van der Waals surface area contributed by atoms with Crippen molar-refractivity contribution in [3.05, 3.63) is 35.4 Å². The average molecular weight is 353 g/mol. The second-order valence-electron chi connectivity index (χ2n) is 6.60. The number of carbonyl (C=O) groups excluding carboxylic acids is 2. The van der Waals surface area contributed by atoms with Crippen LogP contribution in [0.25, 0.3) is 0 Å². The predicted molar refractivity (Wildman–Crippen MR) is 91.0 cm³/mol. The molecule has 0 aliphatic carbocycles. The number of amides is 2. The lowest BCUT2D eigenvalue weighted by Gasteiger charge is -2.25. The molecule has 0 radical (unpaired) electrons. The van der Waals surface area contributed by atoms with Crippen LogP contribution in [-0.4, -0.2) is 61.4 Å². The molecule has 1 saturated heterocycles. The number of hydrogen-bond acceptors (Lipinski definition) is 3. The van der Waals surface area contributed by atoms with E-state index in [4.69, 9.17) is 0 Å². The minimum atomic E-state index is -0.963. The van der Waals surface area contributed by atoms with Crippen LogP contribution in [0.15, 0.2) is 18.2 Å². The molecule has 138 valence electrons. The third kappa shape index (κ3) is 5.22. The highest BCUT2D eigenvalue weighted by molar-refractivity contribution is 5.83. The summed E-state index contributed by atoms with van der Waals surface area (Å²) in [7, 11) is 3.58. The summed E-state index contributed by atoms with van der Waals surface area (Å²) in [4.78, 5) is 27.1. The van der Waals surface area contributed by atoms with Gasteiger partial charge in [-0.15, -0.1) is 0 Å². The molecule has 2 rings (SSSR count). The van der Waals surface area contributed by atoms with E-state index in [1.165, 1.54) is 24.4 Å². The number of benzene rings is 1. The molecule has 0 spiro atoms. The lowest BCUT2D eigenvalue weighted by molar-refractivity contribution is -0.131. The SMILES string of the molecule is CN(C=O)C(Cc1ccc(F)c(F)c1)C(=O)NCCC1CCCN1C. The number of halogens is 2. The topological polar surface area (TPSA) is 52.7 Å². The smallest absolute Gasteiger partial charge is 0.243 e. The van der Waals surface area contributed by atoms with Crippen LogP contribution in [0.5, 0.6) is 0 Å². The van der Waals surface area contributed by atoms with Crippen molar-refractivity contribution in [2.45, 2.75) is 37.8 Å². The van der Waals surface area contributed by atoms with Gasteiger partial charge in [0.2, 0.25) is 12.3 Å². The summed E-state index contributed by atoms with van der Waals surface area (Å²) in [6, 6.07) is 3.21. The van der Waals surface area contributed by atoms with Crippen molar-refractivity contribution in [3.8, 4) is 0 Å². The summed E-state index contributed by atoms with van der Waals surface area (Å²) in [5, 5.41) is 2.86. The van der Waals surface area contributed by atoms with Gasteiger partial charge < -0.3 is 15.1 Å². The van der Waals surface area contributed by atoms with Gasteiger partial charge in [-0.25, -0.2) is 8.78 Å². The fourth-order valence-corrected chi connectivity index (χ4v) is 3.21. The molecule has 1 fully saturated rings. The highest BCUT2D eigenvalue weighted by atomic mass is 19.2. The molecule has 25 heavy (non-hydrogen) atoms. The van der Waals surface area contributed by atoms with Crippen molar-refractivity contribution in [1.29, 1.82) is 0 Å². The lowest BCUT2D eigenvalue weighted by atomic mass is 10.0. The fourth-order valence-electron chi connectivity index (χ4n) is 3.21. The van der Waals surface area contributed by atoms with Crippen molar-refractivity contribution < 1.29 is 18.4 Å². The van der Waals surface area contributed by atoms with E-state index in [9.17, 15) is 18.4 Å².